The molecule has 0 amide bonds. The van der Waals surface area contributed by atoms with E-state index in [1.807, 2.05) is 24.3 Å². The molecule has 0 radical (unpaired) electrons. The molecule has 0 spiro atoms. The summed E-state index contributed by atoms with van der Waals surface area (Å²) in [4.78, 5) is 20.6. The van der Waals surface area contributed by atoms with Gasteiger partial charge in [0.15, 0.2) is 5.78 Å². The summed E-state index contributed by atoms with van der Waals surface area (Å²) in [7, 11) is 1.65. The average molecular weight is 268 g/mol. The molecule has 0 unspecified atom stereocenters. The van der Waals surface area contributed by atoms with Crippen LogP contribution in [0.3, 0.4) is 0 Å². The predicted molar refractivity (Wildman–Crippen MR) is 75.1 cm³/mol. The third-order valence-electron chi connectivity index (χ3n) is 3.56. The van der Waals surface area contributed by atoms with Gasteiger partial charge < -0.3 is 4.74 Å². The van der Waals surface area contributed by atoms with Crippen LogP contribution in [0.5, 0.6) is 5.75 Å². The Kier molecular flexibility index (Phi) is 3.46. The number of benzene rings is 1. The largest absolute Gasteiger partial charge is 0.497 e. The molecule has 1 aromatic heterocycles. The lowest BCUT2D eigenvalue weighted by atomic mass is 9.96. The van der Waals surface area contributed by atoms with E-state index >= 15 is 0 Å². The van der Waals surface area contributed by atoms with Crippen LogP contribution in [0.4, 0.5) is 0 Å². The summed E-state index contributed by atoms with van der Waals surface area (Å²) >= 11 is 0. The molecular weight excluding hydrogens is 252 g/mol. The number of carbonyl (C=O) groups excluding carboxylic acids is 1. The molecule has 4 heteroatoms. The number of Topliss-reactive ketones (excluding diaryl/α,β-unsaturated/α-hetero) is 1. The van der Waals surface area contributed by atoms with E-state index in [0.29, 0.717) is 18.4 Å². The summed E-state index contributed by atoms with van der Waals surface area (Å²) in [6, 6.07) is 7.87. The number of ketones is 1. The first kappa shape index (κ1) is 12.8. The van der Waals surface area contributed by atoms with Crippen molar-refractivity contribution < 1.29 is 9.53 Å². The molecule has 0 saturated heterocycles. The Morgan fingerprint density at radius 2 is 2.00 bits per heavy atom. The summed E-state index contributed by atoms with van der Waals surface area (Å²) < 4.78 is 5.14. The molecule has 0 aliphatic heterocycles. The van der Waals surface area contributed by atoms with Crippen molar-refractivity contribution >= 4 is 5.78 Å². The molecule has 1 aromatic carbocycles. The van der Waals surface area contributed by atoms with Crippen LogP contribution in [-0.2, 0) is 12.8 Å². The van der Waals surface area contributed by atoms with Gasteiger partial charge in [0.05, 0.1) is 18.4 Å². The number of aromatic nitrogens is 2. The summed E-state index contributed by atoms with van der Waals surface area (Å²) in [6.45, 7) is 0. The number of aryl methyl sites for hydroxylation is 1. The van der Waals surface area contributed by atoms with Crippen LogP contribution < -0.4 is 4.74 Å². The van der Waals surface area contributed by atoms with E-state index in [1.165, 1.54) is 0 Å². The fourth-order valence-corrected chi connectivity index (χ4v) is 2.44. The molecule has 1 aliphatic rings. The Morgan fingerprint density at radius 1 is 1.20 bits per heavy atom. The van der Waals surface area contributed by atoms with Gasteiger partial charge in [0.2, 0.25) is 0 Å². The normalized spacial score (nSPS) is 13.9. The molecule has 0 fully saturated rings. The second-order valence-electron chi connectivity index (χ2n) is 4.95. The molecule has 1 heterocycles. The number of nitrogens with zero attached hydrogens (tertiary/aromatic N) is 2. The van der Waals surface area contributed by atoms with Crippen LogP contribution in [0.25, 0.3) is 0 Å². The highest BCUT2D eigenvalue weighted by molar-refractivity contribution is 5.97. The van der Waals surface area contributed by atoms with Crippen molar-refractivity contribution in [1.82, 2.24) is 9.97 Å². The molecule has 102 valence electrons. The molecular formula is C16H16N2O2. The van der Waals surface area contributed by atoms with Gasteiger partial charge in [-0.05, 0) is 30.5 Å². The average Bonchev–Trinajstić information content (AvgIpc) is 2.48. The Bertz CT molecular complexity index is 635. The first-order valence-corrected chi connectivity index (χ1v) is 6.77. The molecule has 20 heavy (non-hydrogen) atoms. The molecule has 0 N–H and O–H groups in total. The van der Waals surface area contributed by atoms with Crippen molar-refractivity contribution in [1.29, 1.82) is 0 Å². The van der Waals surface area contributed by atoms with E-state index in [4.69, 9.17) is 4.74 Å². The zero-order valence-electron chi connectivity index (χ0n) is 11.4. The van der Waals surface area contributed by atoms with Gasteiger partial charge in [0.1, 0.15) is 11.6 Å². The zero-order chi connectivity index (χ0) is 13.9. The Hall–Kier alpha value is -2.23. The SMILES string of the molecule is COc1ccc(Cc2ncc3c(n2)CCCC3=O)cc1. The van der Waals surface area contributed by atoms with Crippen LogP contribution >= 0.6 is 0 Å². The van der Waals surface area contributed by atoms with E-state index in [0.717, 1.165) is 35.7 Å². The van der Waals surface area contributed by atoms with Crippen molar-refractivity contribution in [2.45, 2.75) is 25.7 Å². The van der Waals surface area contributed by atoms with Crippen LogP contribution in [0.1, 0.15) is 40.3 Å². The molecule has 3 rings (SSSR count). The summed E-state index contributed by atoms with van der Waals surface area (Å²) in [5.41, 5.74) is 2.74. The van der Waals surface area contributed by atoms with Crippen LogP contribution in [0.15, 0.2) is 30.5 Å². The van der Waals surface area contributed by atoms with Crippen LogP contribution in [0.2, 0.25) is 0 Å². The predicted octanol–water partition coefficient (Wildman–Crippen LogP) is 2.60. The highest BCUT2D eigenvalue weighted by Crippen LogP contribution is 2.19. The molecule has 0 saturated carbocycles. The minimum atomic E-state index is 0.169. The quantitative estimate of drug-likeness (QED) is 0.858. The maximum atomic E-state index is 11.7. The maximum Gasteiger partial charge on any atom is 0.166 e. The van der Waals surface area contributed by atoms with E-state index in [-0.39, 0.29) is 5.78 Å². The zero-order valence-corrected chi connectivity index (χ0v) is 11.4. The number of carbonyl (C=O) groups is 1. The van der Waals surface area contributed by atoms with E-state index in [2.05, 4.69) is 9.97 Å². The smallest absolute Gasteiger partial charge is 0.166 e. The van der Waals surface area contributed by atoms with Crippen molar-refractivity contribution in [3.05, 3.63) is 53.1 Å². The van der Waals surface area contributed by atoms with Gasteiger partial charge in [-0.1, -0.05) is 12.1 Å². The van der Waals surface area contributed by atoms with Crippen molar-refractivity contribution in [3.63, 3.8) is 0 Å². The molecule has 2 aromatic rings. The van der Waals surface area contributed by atoms with Gasteiger partial charge in [0.25, 0.3) is 0 Å². The Labute approximate surface area is 117 Å². The lowest BCUT2D eigenvalue weighted by Crippen LogP contribution is -2.14. The topological polar surface area (TPSA) is 52.1 Å². The number of ether oxygens (including phenoxy) is 1. The highest BCUT2D eigenvalue weighted by Gasteiger charge is 2.19. The number of methoxy groups -OCH3 is 1. The fraction of sp³-hybridized carbons (Fsp3) is 0.312. The Balaban J connectivity index is 1.82. The first-order chi connectivity index (χ1) is 9.76. The van der Waals surface area contributed by atoms with Gasteiger partial charge in [-0.2, -0.15) is 0 Å². The summed E-state index contributed by atoms with van der Waals surface area (Å²) in [5, 5.41) is 0. The Morgan fingerprint density at radius 3 is 2.75 bits per heavy atom. The van der Waals surface area contributed by atoms with Gasteiger partial charge >= 0.3 is 0 Å². The second kappa shape index (κ2) is 5.41. The second-order valence-corrected chi connectivity index (χ2v) is 4.95. The molecule has 4 nitrogen and oxygen atoms in total. The molecule has 0 atom stereocenters. The maximum absolute atomic E-state index is 11.7. The van der Waals surface area contributed by atoms with Gasteiger partial charge in [-0.15, -0.1) is 0 Å². The number of hydrogen-bond donors (Lipinski definition) is 0. The minimum Gasteiger partial charge on any atom is -0.497 e. The van der Waals surface area contributed by atoms with Crippen molar-refractivity contribution in [2.24, 2.45) is 0 Å². The summed E-state index contributed by atoms with van der Waals surface area (Å²) in [5.74, 6) is 1.77. The number of fused-ring (bicyclic) bond motifs is 1. The monoisotopic (exact) mass is 268 g/mol. The van der Waals surface area contributed by atoms with Crippen LogP contribution in [0, 0.1) is 0 Å². The van der Waals surface area contributed by atoms with Crippen molar-refractivity contribution in [3.8, 4) is 5.75 Å². The van der Waals surface area contributed by atoms with E-state index in [9.17, 15) is 4.79 Å². The number of rotatable bonds is 3. The highest BCUT2D eigenvalue weighted by atomic mass is 16.5. The summed E-state index contributed by atoms with van der Waals surface area (Å²) in [6.07, 6.45) is 4.74. The van der Waals surface area contributed by atoms with Gasteiger partial charge in [-0.25, -0.2) is 9.97 Å². The van der Waals surface area contributed by atoms with E-state index < -0.39 is 0 Å². The lowest BCUT2D eigenvalue weighted by Gasteiger charge is -2.13. The third kappa shape index (κ3) is 2.54. The standard InChI is InChI=1S/C16H16N2O2/c1-20-12-7-5-11(6-8-12)9-16-17-10-13-14(18-16)3-2-4-15(13)19/h5-8,10H,2-4,9H2,1H3. The first-order valence-electron chi connectivity index (χ1n) is 6.77. The minimum absolute atomic E-state index is 0.169. The van der Waals surface area contributed by atoms with Gasteiger partial charge in [-0.3, -0.25) is 4.79 Å². The van der Waals surface area contributed by atoms with Crippen molar-refractivity contribution in [2.75, 3.05) is 7.11 Å². The van der Waals surface area contributed by atoms with E-state index in [1.54, 1.807) is 13.3 Å². The lowest BCUT2D eigenvalue weighted by molar-refractivity contribution is 0.0971. The van der Waals surface area contributed by atoms with Crippen LogP contribution in [-0.4, -0.2) is 22.9 Å². The van der Waals surface area contributed by atoms with Gasteiger partial charge in [0, 0.05) is 19.0 Å². The number of hydrogen-bond acceptors (Lipinski definition) is 4. The molecule has 0 bridgehead atoms. The molecule has 1 aliphatic carbocycles. The fourth-order valence-electron chi connectivity index (χ4n) is 2.44. The third-order valence-corrected chi connectivity index (χ3v) is 3.56.